The van der Waals surface area contributed by atoms with E-state index in [1.165, 1.54) is 13.4 Å². The quantitative estimate of drug-likeness (QED) is 0.794. The van der Waals surface area contributed by atoms with Gasteiger partial charge in [-0.05, 0) is 0 Å². The lowest BCUT2D eigenvalue weighted by Crippen LogP contribution is -2.39. The highest BCUT2D eigenvalue weighted by atomic mass is 32.2. The summed E-state index contributed by atoms with van der Waals surface area (Å²) >= 11 is 0. The minimum atomic E-state index is -4.62. The SMILES string of the molecule is COC1CC(Oc2nc(S(C)=O)ncc2C(F)(F)F)C1. The van der Waals surface area contributed by atoms with Crippen LogP contribution in [0.2, 0.25) is 0 Å². The third-order valence-corrected chi connectivity index (χ3v) is 3.67. The zero-order valence-electron chi connectivity index (χ0n) is 10.8. The fourth-order valence-corrected chi connectivity index (χ4v) is 2.15. The minimum absolute atomic E-state index is 0.00375. The van der Waals surface area contributed by atoms with E-state index in [9.17, 15) is 17.4 Å². The second kappa shape index (κ2) is 5.65. The number of hydrogen-bond acceptors (Lipinski definition) is 5. The Morgan fingerprint density at radius 3 is 2.50 bits per heavy atom. The van der Waals surface area contributed by atoms with Gasteiger partial charge in [0.2, 0.25) is 11.0 Å². The molecule has 1 saturated carbocycles. The van der Waals surface area contributed by atoms with Gasteiger partial charge in [-0.25, -0.2) is 4.98 Å². The molecule has 1 aromatic rings. The Morgan fingerprint density at radius 2 is 2.00 bits per heavy atom. The lowest BCUT2D eigenvalue weighted by molar-refractivity contribution is -0.141. The van der Waals surface area contributed by atoms with E-state index >= 15 is 0 Å². The molecule has 2 rings (SSSR count). The van der Waals surface area contributed by atoms with Crippen LogP contribution in [0.1, 0.15) is 18.4 Å². The van der Waals surface area contributed by atoms with Crippen LogP contribution < -0.4 is 4.74 Å². The van der Waals surface area contributed by atoms with Crippen LogP contribution in [0.5, 0.6) is 5.88 Å². The normalized spacial score (nSPS) is 24.1. The van der Waals surface area contributed by atoms with Crippen molar-refractivity contribution in [2.45, 2.75) is 36.4 Å². The van der Waals surface area contributed by atoms with Crippen LogP contribution in [0.25, 0.3) is 0 Å². The number of nitrogens with zero attached hydrogens (tertiary/aromatic N) is 2. The fourth-order valence-electron chi connectivity index (χ4n) is 1.74. The summed E-state index contributed by atoms with van der Waals surface area (Å²) < 4.78 is 60.0. The van der Waals surface area contributed by atoms with E-state index in [0.717, 1.165) is 0 Å². The third-order valence-electron chi connectivity index (χ3n) is 2.96. The van der Waals surface area contributed by atoms with Crippen molar-refractivity contribution in [3.8, 4) is 5.88 Å². The van der Waals surface area contributed by atoms with Crippen molar-refractivity contribution in [3.63, 3.8) is 0 Å². The van der Waals surface area contributed by atoms with E-state index in [0.29, 0.717) is 19.0 Å². The van der Waals surface area contributed by atoms with Crippen LogP contribution in [-0.2, 0) is 21.7 Å². The standard InChI is InChI=1S/C11H13F3N2O3S/c1-18-6-3-7(4-6)19-9-8(11(12,13)14)5-15-10(16-9)20(2)17/h5-7H,3-4H2,1-2H3. The predicted molar refractivity (Wildman–Crippen MR) is 63.8 cm³/mol. The average molecular weight is 310 g/mol. The fraction of sp³-hybridized carbons (Fsp3) is 0.636. The molecule has 9 heteroatoms. The second-order valence-corrected chi connectivity index (χ2v) is 5.67. The monoisotopic (exact) mass is 310 g/mol. The lowest BCUT2D eigenvalue weighted by Gasteiger charge is -2.34. The van der Waals surface area contributed by atoms with E-state index in [1.807, 2.05) is 0 Å². The average Bonchev–Trinajstić information content (AvgIpc) is 2.31. The molecule has 0 saturated heterocycles. The van der Waals surface area contributed by atoms with E-state index < -0.39 is 28.4 Å². The van der Waals surface area contributed by atoms with Crippen LogP contribution in [0.4, 0.5) is 13.2 Å². The van der Waals surface area contributed by atoms with E-state index in [2.05, 4.69) is 9.97 Å². The van der Waals surface area contributed by atoms with Crippen LogP contribution in [0.15, 0.2) is 11.4 Å². The molecular formula is C11H13F3N2O3S. The first kappa shape index (κ1) is 15.2. The molecular weight excluding hydrogens is 297 g/mol. The molecule has 112 valence electrons. The predicted octanol–water partition coefficient (Wildman–Crippen LogP) is 1.79. The maximum atomic E-state index is 12.8. The molecule has 1 aliphatic carbocycles. The van der Waals surface area contributed by atoms with Crippen LogP contribution in [-0.4, -0.2) is 39.8 Å². The first-order valence-corrected chi connectivity index (χ1v) is 7.34. The Hall–Kier alpha value is -1.22. The summed E-state index contributed by atoms with van der Waals surface area (Å²) in [4.78, 5) is 7.07. The smallest absolute Gasteiger partial charge is 0.423 e. The van der Waals surface area contributed by atoms with E-state index in [-0.39, 0.29) is 17.4 Å². The molecule has 20 heavy (non-hydrogen) atoms. The van der Waals surface area contributed by atoms with E-state index in [4.69, 9.17) is 9.47 Å². The zero-order valence-corrected chi connectivity index (χ0v) is 11.6. The van der Waals surface area contributed by atoms with Crippen molar-refractivity contribution in [1.82, 2.24) is 9.97 Å². The Balaban J connectivity index is 2.23. The van der Waals surface area contributed by atoms with E-state index in [1.54, 1.807) is 0 Å². The van der Waals surface area contributed by atoms with Crippen LogP contribution >= 0.6 is 0 Å². The van der Waals surface area contributed by atoms with Gasteiger partial charge in [0.25, 0.3) is 0 Å². The highest BCUT2D eigenvalue weighted by molar-refractivity contribution is 7.84. The van der Waals surface area contributed by atoms with Gasteiger partial charge in [-0.2, -0.15) is 18.2 Å². The Bertz CT molecular complexity index is 518. The van der Waals surface area contributed by atoms with Crippen molar-refractivity contribution < 1.29 is 26.9 Å². The first-order chi connectivity index (χ1) is 9.31. The van der Waals surface area contributed by atoms with Gasteiger partial charge in [-0.15, -0.1) is 0 Å². The van der Waals surface area contributed by atoms with Gasteiger partial charge in [0.1, 0.15) is 11.7 Å². The Morgan fingerprint density at radius 1 is 1.35 bits per heavy atom. The number of rotatable bonds is 4. The van der Waals surface area contributed by atoms with Crippen LogP contribution in [0.3, 0.4) is 0 Å². The molecule has 1 aromatic heterocycles. The summed E-state index contributed by atoms with van der Waals surface area (Å²) in [5.41, 5.74) is -1.06. The highest BCUT2D eigenvalue weighted by Crippen LogP contribution is 2.37. The molecule has 0 bridgehead atoms. The van der Waals surface area contributed by atoms with Crippen molar-refractivity contribution in [1.29, 1.82) is 0 Å². The van der Waals surface area contributed by atoms with Crippen molar-refractivity contribution in [3.05, 3.63) is 11.8 Å². The molecule has 0 aliphatic heterocycles. The number of alkyl halides is 3. The summed E-state index contributed by atoms with van der Waals surface area (Å²) in [5.74, 6) is -0.572. The number of halogens is 3. The molecule has 0 N–H and O–H groups in total. The topological polar surface area (TPSA) is 61.3 Å². The summed E-state index contributed by atoms with van der Waals surface area (Å²) in [7, 11) is -0.0431. The van der Waals surface area contributed by atoms with Crippen LogP contribution in [0, 0.1) is 0 Å². The molecule has 0 amide bonds. The van der Waals surface area contributed by atoms with Gasteiger partial charge in [0.15, 0.2) is 0 Å². The molecule has 0 aromatic carbocycles. The van der Waals surface area contributed by atoms with Gasteiger partial charge < -0.3 is 9.47 Å². The van der Waals surface area contributed by atoms with Crippen molar-refractivity contribution in [2.75, 3.05) is 13.4 Å². The third kappa shape index (κ3) is 3.26. The second-order valence-electron chi connectivity index (χ2n) is 4.39. The van der Waals surface area contributed by atoms with Gasteiger partial charge in [-0.3, -0.25) is 4.21 Å². The first-order valence-electron chi connectivity index (χ1n) is 5.78. The molecule has 1 fully saturated rings. The summed E-state index contributed by atoms with van der Waals surface area (Å²) in [6.45, 7) is 0. The highest BCUT2D eigenvalue weighted by Gasteiger charge is 2.39. The van der Waals surface area contributed by atoms with Gasteiger partial charge >= 0.3 is 6.18 Å². The number of hydrogen-bond donors (Lipinski definition) is 0. The van der Waals surface area contributed by atoms with Gasteiger partial charge in [-0.1, -0.05) is 0 Å². The van der Waals surface area contributed by atoms with Gasteiger partial charge in [0, 0.05) is 32.4 Å². The summed E-state index contributed by atoms with van der Waals surface area (Å²) in [5, 5.41) is -0.185. The summed E-state index contributed by atoms with van der Waals surface area (Å²) in [6, 6.07) is 0. The zero-order chi connectivity index (χ0) is 14.9. The molecule has 1 heterocycles. The van der Waals surface area contributed by atoms with Gasteiger partial charge in [0.05, 0.1) is 16.9 Å². The molecule has 1 aliphatic rings. The van der Waals surface area contributed by atoms with Crippen molar-refractivity contribution in [2.24, 2.45) is 0 Å². The number of methoxy groups -OCH3 is 1. The molecule has 0 radical (unpaired) electrons. The van der Waals surface area contributed by atoms with Crippen molar-refractivity contribution >= 4 is 10.8 Å². The molecule has 5 nitrogen and oxygen atoms in total. The summed E-state index contributed by atoms with van der Waals surface area (Å²) in [6.07, 6.45) is -2.11. The minimum Gasteiger partial charge on any atom is -0.474 e. The maximum absolute atomic E-state index is 12.8. The largest absolute Gasteiger partial charge is 0.474 e. The molecule has 0 spiro atoms. The number of aromatic nitrogens is 2. The molecule has 1 atom stereocenters. The molecule has 1 unspecified atom stereocenters. The number of ether oxygens (including phenoxy) is 2. The lowest BCUT2D eigenvalue weighted by atomic mass is 9.92. The maximum Gasteiger partial charge on any atom is 0.423 e. The Kier molecular flexibility index (Phi) is 4.28. The Labute approximate surface area is 116 Å².